The second-order valence-electron chi connectivity index (χ2n) is 5.44. The first kappa shape index (κ1) is 12.9. The number of hydrogen-bond donors (Lipinski definition) is 1. The van der Waals surface area contributed by atoms with Crippen molar-refractivity contribution in [3.63, 3.8) is 0 Å². The summed E-state index contributed by atoms with van der Waals surface area (Å²) in [5.41, 5.74) is 1.41. The van der Waals surface area contributed by atoms with E-state index in [0.29, 0.717) is 17.5 Å². The van der Waals surface area contributed by atoms with Gasteiger partial charge in [0.05, 0.1) is 5.56 Å². The Morgan fingerprint density at radius 1 is 1.33 bits per heavy atom. The molecule has 1 aromatic carbocycles. The second-order valence-corrected chi connectivity index (χ2v) is 5.44. The highest BCUT2D eigenvalue weighted by Crippen LogP contribution is 2.31. The number of carbonyl (C=O) groups is 1. The highest BCUT2D eigenvalue weighted by Gasteiger charge is 2.23. The molecule has 2 atom stereocenters. The minimum atomic E-state index is -0.0980. The number of nitrogens with zero attached hydrogens (tertiary/aromatic N) is 1. The molecule has 1 fully saturated rings. The quantitative estimate of drug-likeness (QED) is 0.816. The molecule has 0 bridgehead atoms. The Kier molecular flexibility index (Phi) is 3.60. The Bertz CT molecular complexity index is 456. The molecule has 1 aliphatic heterocycles. The van der Waals surface area contributed by atoms with Crippen LogP contribution in [0.2, 0.25) is 0 Å². The average molecular weight is 247 g/mol. The molecule has 98 valence electrons. The monoisotopic (exact) mass is 247 g/mol. The fraction of sp³-hybridized carbons (Fsp3) is 0.533. The van der Waals surface area contributed by atoms with Crippen LogP contribution in [0.3, 0.4) is 0 Å². The van der Waals surface area contributed by atoms with Crippen LogP contribution in [-0.4, -0.2) is 23.5 Å². The van der Waals surface area contributed by atoms with Gasteiger partial charge >= 0.3 is 0 Å². The molecular formula is C15H21NO2. The topological polar surface area (TPSA) is 40.5 Å². The van der Waals surface area contributed by atoms with Crippen LogP contribution >= 0.6 is 0 Å². The number of Topliss-reactive ketones (excluding diaryl/α,β-unsaturated/α-hetero) is 1. The van der Waals surface area contributed by atoms with Crippen LogP contribution in [0.15, 0.2) is 18.2 Å². The van der Waals surface area contributed by atoms with Crippen molar-refractivity contribution < 1.29 is 9.90 Å². The van der Waals surface area contributed by atoms with E-state index in [1.54, 1.807) is 12.1 Å². The fourth-order valence-electron chi connectivity index (χ4n) is 2.64. The van der Waals surface area contributed by atoms with Crippen LogP contribution in [0.5, 0.6) is 5.75 Å². The zero-order chi connectivity index (χ0) is 13.3. The highest BCUT2D eigenvalue weighted by atomic mass is 16.3. The molecule has 2 rings (SSSR count). The lowest BCUT2D eigenvalue weighted by Crippen LogP contribution is -2.41. The standard InChI is InChI=1S/C15H21NO2/c1-10-4-5-11(2)16(9-10)13-6-7-14(12(3)17)15(18)8-13/h6-8,10-11,18H,4-5,9H2,1-3H3. The minimum Gasteiger partial charge on any atom is -0.507 e. The first-order chi connectivity index (χ1) is 8.49. The number of benzene rings is 1. The predicted molar refractivity (Wildman–Crippen MR) is 73.3 cm³/mol. The molecule has 0 radical (unpaired) electrons. The number of anilines is 1. The van der Waals surface area contributed by atoms with Crippen molar-refractivity contribution in [1.29, 1.82) is 0 Å². The smallest absolute Gasteiger partial charge is 0.163 e. The molecule has 1 aliphatic rings. The number of carbonyl (C=O) groups excluding carboxylic acids is 1. The molecule has 0 aromatic heterocycles. The summed E-state index contributed by atoms with van der Waals surface area (Å²) in [4.78, 5) is 13.6. The third kappa shape index (κ3) is 2.50. The Morgan fingerprint density at radius 2 is 2.06 bits per heavy atom. The van der Waals surface area contributed by atoms with E-state index in [2.05, 4.69) is 18.7 Å². The maximum absolute atomic E-state index is 11.3. The lowest BCUT2D eigenvalue weighted by molar-refractivity contribution is 0.101. The van der Waals surface area contributed by atoms with Crippen LogP contribution in [0, 0.1) is 5.92 Å². The van der Waals surface area contributed by atoms with Crippen LogP contribution in [0.1, 0.15) is 44.0 Å². The molecule has 3 heteroatoms. The van der Waals surface area contributed by atoms with Crippen molar-refractivity contribution in [2.75, 3.05) is 11.4 Å². The maximum Gasteiger partial charge on any atom is 0.163 e. The largest absolute Gasteiger partial charge is 0.507 e. The molecule has 0 aliphatic carbocycles. The summed E-state index contributed by atoms with van der Waals surface area (Å²) in [7, 11) is 0. The first-order valence-electron chi connectivity index (χ1n) is 6.59. The summed E-state index contributed by atoms with van der Waals surface area (Å²) >= 11 is 0. The lowest BCUT2D eigenvalue weighted by Gasteiger charge is -2.38. The zero-order valence-corrected chi connectivity index (χ0v) is 11.3. The van der Waals surface area contributed by atoms with Gasteiger partial charge in [0.25, 0.3) is 0 Å². The van der Waals surface area contributed by atoms with E-state index in [-0.39, 0.29) is 11.5 Å². The van der Waals surface area contributed by atoms with Gasteiger partial charge in [-0.25, -0.2) is 0 Å². The Morgan fingerprint density at radius 3 is 2.67 bits per heavy atom. The van der Waals surface area contributed by atoms with Gasteiger partial charge in [0.15, 0.2) is 5.78 Å². The van der Waals surface area contributed by atoms with E-state index >= 15 is 0 Å². The SMILES string of the molecule is CC(=O)c1ccc(N2CC(C)CCC2C)cc1O. The van der Waals surface area contributed by atoms with Gasteiger partial charge in [0, 0.05) is 24.3 Å². The first-order valence-corrected chi connectivity index (χ1v) is 6.59. The Balaban J connectivity index is 2.28. The number of ketones is 1. The molecule has 3 nitrogen and oxygen atoms in total. The molecule has 0 amide bonds. The van der Waals surface area contributed by atoms with Crippen LogP contribution in [0.25, 0.3) is 0 Å². The average Bonchev–Trinajstić information content (AvgIpc) is 2.31. The van der Waals surface area contributed by atoms with Crippen LogP contribution in [0.4, 0.5) is 5.69 Å². The number of hydrogen-bond acceptors (Lipinski definition) is 3. The number of piperidine rings is 1. The van der Waals surface area contributed by atoms with Crippen molar-refractivity contribution >= 4 is 11.5 Å². The number of phenolic OH excluding ortho intramolecular Hbond substituents is 1. The summed E-state index contributed by atoms with van der Waals surface area (Å²) in [6.07, 6.45) is 2.44. The van der Waals surface area contributed by atoms with Crippen LogP contribution < -0.4 is 4.90 Å². The van der Waals surface area contributed by atoms with E-state index < -0.39 is 0 Å². The second kappa shape index (κ2) is 5.01. The molecule has 0 spiro atoms. The molecule has 1 aromatic rings. The van der Waals surface area contributed by atoms with Crippen molar-refractivity contribution in [1.82, 2.24) is 0 Å². The summed E-state index contributed by atoms with van der Waals surface area (Å²) in [6.45, 7) is 6.95. The molecule has 1 heterocycles. The fourth-order valence-corrected chi connectivity index (χ4v) is 2.64. The van der Waals surface area contributed by atoms with Crippen LogP contribution in [-0.2, 0) is 0 Å². The van der Waals surface area contributed by atoms with Gasteiger partial charge in [0.1, 0.15) is 5.75 Å². The van der Waals surface area contributed by atoms with E-state index in [9.17, 15) is 9.90 Å². The number of aromatic hydroxyl groups is 1. The van der Waals surface area contributed by atoms with Gasteiger partial charge in [-0.15, -0.1) is 0 Å². The van der Waals surface area contributed by atoms with E-state index in [0.717, 1.165) is 12.2 Å². The highest BCUT2D eigenvalue weighted by molar-refractivity contribution is 5.97. The normalized spacial score (nSPS) is 24.1. The zero-order valence-electron chi connectivity index (χ0n) is 11.3. The number of phenols is 1. The van der Waals surface area contributed by atoms with Gasteiger partial charge in [0.2, 0.25) is 0 Å². The molecule has 2 unspecified atom stereocenters. The lowest BCUT2D eigenvalue weighted by atomic mass is 9.94. The molecule has 0 saturated carbocycles. The summed E-state index contributed by atoms with van der Waals surface area (Å²) in [5, 5.41) is 9.90. The van der Waals surface area contributed by atoms with Crippen molar-refractivity contribution in [2.24, 2.45) is 5.92 Å². The van der Waals surface area contributed by atoms with E-state index in [1.165, 1.54) is 19.8 Å². The molecule has 1 N–H and O–H groups in total. The molecule has 1 saturated heterocycles. The van der Waals surface area contributed by atoms with Crippen molar-refractivity contribution in [2.45, 2.75) is 39.7 Å². The van der Waals surface area contributed by atoms with E-state index in [1.807, 2.05) is 6.07 Å². The predicted octanol–water partition coefficient (Wildman–Crippen LogP) is 3.22. The third-order valence-electron chi connectivity index (χ3n) is 3.81. The number of rotatable bonds is 2. The molecular weight excluding hydrogens is 226 g/mol. The van der Waals surface area contributed by atoms with Crippen molar-refractivity contribution in [3.05, 3.63) is 23.8 Å². The van der Waals surface area contributed by atoms with Gasteiger partial charge in [-0.2, -0.15) is 0 Å². The van der Waals surface area contributed by atoms with Gasteiger partial charge in [-0.3, -0.25) is 4.79 Å². The summed E-state index contributed by atoms with van der Waals surface area (Å²) in [5.74, 6) is 0.667. The Labute approximate surface area is 108 Å². The third-order valence-corrected chi connectivity index (χ3v) is 3.81. The van der Waals surface area contributed by atoms with Gasteiger partial charge in [-0.1, -0.05) is 6.92 Å². The van der Waals surface area contributed by atoms with Gasteiger partial charge in [-0.05, 0) is 44.7 Å². The summed E-state index contributed by atoms with van der Waals surface area (Å²) in [6, 6.07) is 5.86. The van der Waals surface area contributed by atoms with Crippen molar-refractivity contribution in [3.8, 4) is 5.75 Å². The van der Waals surface area contributed by atoms with Gasteiger partial charge < -0.3 is 10.0 Å². The summed E-state index contributed by atoms with van der Waals surface area (Å²) < 4.78 is 0. The molecule has 18 heavy (non-hydrogen) atoms. The maximum atomic E-state index is 11.3. The van der Waals surface area contributed by atoms with E-state index in [4.69, 9.17) is 0 Å². The minimum absolute atomic E-state index is 0.0884. The Hall–Kier alpha value is -1.51.